The average Bonchev–Trinajstić information content (AvgIpc) is 2.96. The zero-order chi connectivity index (χ0) is 11.0. The molecule has 0 saturated carbocycles. The number of rotatable bonds is 2. The first kappa shape index (κ1) is 10.1. The predicted octanol–water partition coefficient (Wildman–Crippen LogP) is 2.96. The van der Waals surface area contributed by atoms with Gasteiger partial charge in [-0.05, 0) is 18.2 Å². The fraction of sp³-hybridized carbons (Fsp3) is 0.182. The molecule has 3 rings (SSSR count). The van der Waals surface area contributed by atoms with E-state index < -0.39 is 0 Å². The minimum Gasteiger partial charge on any atom is -0.497 e. The summed E-state index contributed by atoms with van der Waals surface area (Å²) in [5.74, 6) is 1.82. The third-order valence-electron chi connectivity index (χ3n) is 2.28. The van der Waals surface area contributed by atoms with Crippen LogP contribution in [0.1, 0.15) is 5.01 Å². The standard InChI is InChI=1S/C11H9N2OS2/c1-14-7-2-3-8-9(6-7)16-11(13-8)10-12-4-5-15-10/h2-4,6H,5H2,1H3. The van der Waals surface area contributed by atoms with E-state index in [4.69, 9.17) is 4.74 Å². The average molecular weight is 249 g/mol. The molecule has 0 N–H and O–H groups in total. The Kier molecular flexibility index (Phi) is 2.57. The Morgan fingerprint density at radius 3 is 3.06 bits per heavy atom. The topological polar surface area (TPSA) is 34.5 Å². The summed E-state index contributed by atoms with van der Waals surface area (Å²) < 4.78 is 6.34. The molecule has 1 aromatic heterocycles. The highest BCUT2D eigenvalue weighted by Gasteiger charge is 2.14. The number of aromatic nitrogens is 1. The molecule has 0 bridgehead atoms. The van der Waals surface area contributed by atoms with Gasteiger partial charge in [-0.15, -0.1) is 23.1 Å². The molecule has 16 heavy (non-hydrogen) atoms. The molecule has 2 aromatic rings. The number of methoxy groups -OCH3 is 1. The van der Waals surface area contributed by atoms with Crippen LogP contribution in [-0.4, -0.2) is 22.9 Å². The number of aliphatic imine (C=N–C) groups is 1. The van der Waals surface area contributed by atoms with Gasteiger partial charge in [-0.3, -0.25) is 4.99 Å². The van der Waals surface area contributed by atoms with Crippen LogP contribution in [0.15, 0.2) is 23.2 Å². The molecule has 1 aromatic carbocycles. The first-order valence-electron chi connectivity index (χ1n) is 4.84. The molecule has 0 fully saturated rings. The van der Waals surface area contributed by atoms with Gasteiger partial charge in [-0.1, -0.05) is 0 Å². The van der Waals surface area contributed by atoms with Crippen LogP contribution in [0.3, 0.4) is 0 Å². The number of hydrogen-bond donors (Lipinski definition) is 0. The van der Waals surface area contributed by atoms with Crippen molar-refractivity contribution in [1.82, 2.24) is 4.98 Å². The Morgan fingerprint density at radius 1 is 1.38 bits per heavy atom. The third-order valence-corrected chi connectivity index (χ3v) is 4.32. The normalized spacial score (nSPS) is 15.4. The Bertz CT molecular complexity index is 562. The van der Waals surface area contributed by atoms with Crippen LogP contribution in [0.5, 0.6) is 5.75 Å². The molecule has 0 saturated heterocycles. The van der Waals surface area contributed by atoms with Crippen molar-refractivity contribution in [2.75, 3.05) is 12.9 Å². The predicted molar refractivity (Wildman–Crippen MR) is 69.5 cm³/mol. The molecule has 1 aliphatic heterocycles. The Morgan fingerprint density at radius 2 is 2.31 bits per heavy atom. The molecule has 2 heterocycles. The number of fused-ring (bicyclic) bond motifs is 1. The Balaban J connectivity index is 2.08. The molecular weight excluding hydrogens is 240 g/mol. The summed E-state index contributed by atoms with van der Waals surface area (Å²) in [6, 6.07) is 5.93. The van der Waals surface area contributed by atoms with Gasteiger partial charge in [0.05, 0.1) is 23.9 Å². The van der Waals surface area contributed by atoms with Gasteiger partial charge >= 0.3 is 0 Å². The molecule has 0 atom stereocenters. The smallest absolute Gasteiger partial charge is 0.149 e. The van der Waals surface area contributed by atoms with Gasteiger partial charge in [-0.25, -0.2) is 4.98 Å². The van der Waals surface area contributed by atoms with Crippen molar-refractivity contribution < 1.29 is 4.74 Å². The van der Waals surface area contributed by atoms with E-state index in [0.29, 0.717) is 0 Å². The Labute approximate surface area is 102 Å². The number of ether oxygens (including phenoxy) is 1. The van der Waals surface area contributed by atoms with E-state index in [1.54, 1.807) is 30.2 Å². The molecule has 0 unspecified atom stereocenters. The van der Waals surface area contributed by atoms with Crippen molar-refractivity contribution in [3.05, 3.63) is 29.8 Å². The van der Waals surface area contributed by atoms with Gasteiger partial charge in [0.25, 0.3) is 0 Å². The van der Waals surface area contributed by atoms with E-state index in [9.17, 15) is 0 Å². The second kappa shape index (κ2) is 4.07. The van der Waals surface area contributed by atoms with E-state index in [0.717, 1.165) is 31.8 Å². The Hall–Kier alpha value is -1.07. The van der Waals surface area contributed by atoms with Gasteiger partial charge < -0.3 is 4.74 Å². The zero-order valence-corrected chi connectivity index (χ0v) is 10.3. The lowest BCUT2D eigenvalue weighted by Crippen LogP contribution is -1.88. The fourth-order valence-electron chi connectivity index (χ4n) is 1.51. The third kappa shape index (κ3) is 1.70. The maximum Gasteiger partial charge on any atom is 0.149 e. The van der Waals surface area contributed by atoms with Crippen molar-refractivity contribution in [3.63, 3.8) is 0 Å². The van der Waals surface area contributed by atoms with Crippen LogP contribution in [0.2, 0.25) is 0 Å². The summed E-state index contributed by atoms with van der Waals surface area (Å²) in [5, 5.41) is 2.03. The highest BCUT2D eigenvalue weighted by molar-refractivity contribution is 8.15. The first-order chi connectivity index (χ1) is 7.86. The van der Waals surface area contributed by atoms with Crippen molar-refractivity contribution in [2.45, 2.75) is 0 Å². The zero-order valence-electron chi connectivity index (χ0n) is 8.64. The quantitative estimate of drug-likeness (QED) is 0.820. The second-order valence-electron chi connectivity index (χ2n) is 3.28. The van der Waals surface area contributed by atoms with E-state index in [1.807, 2.05) is 24.7 Å². The van der Waals surface area contributed by atoms with Crippen molar-refractivity contribution in [3.8, 4) is 5.75 Å². The SMILES string of the molecule is COc1ccc2nc(C3=N[CH]CS3)sc2c1. The summed E-state index contributed by atoms with van der Waals surface area (Å²) in [4.78, 5) is 8.88. The van der Waals surface area contributed by atoms with E-state index in [2.05, 4.69) is 9.98 Å². The summed E-state index contributed by atoms with van der Waals surface area (Å²) in [6.45, 7) is 1.92. The second-order valence-corrected chi connectivity index (χ2v) is 5.32. The summed E-state index contributed by atoms with van der Waals surface area (Å²) in [6.07, 6.45) is 0. The maximum atomic E-state index is 5.19. The molecule has 0 spiro atoms. The lowest BCUT2D eigenvalue weighted by atomic mass is 10.3. The van der Waals surface area contributed by atoms with Crippen LogP contribution >= 0.6 is 23.1 Å². The fourth-order valence-corrected chi connectivity index (χ4v) is 3.33. The first-order valence-corrected chi connectivity index (χ1v) is 6.64. The molecule has 0 aliphatic carbocycles. The van der Waals surface area contributed by atoms with Gasteiger partial charge in [0.2, 0.25) is 0 Å². The van der Waals surface area contributed by atoms with Crippen LogP contribution in [0.25, 0.3) is 10.2 Å². The number of thiazole rings is 1. The maximum absolute atomic E-state index is 5.19. The highest BCUT2D eigenvalue weighted by Crippen LogP contribution is 2.30. The number of benzene rings is 1. The summed E-state index contributed by atoms with van der Waals surface area (Å²) in [5.41, 5.74) is 1.01. The van der Waals surface area contributed by atoms with E-state index in [-0.39, 0.29) is 0 Å². The largest absolute Gasteiger partial charge is 0.497 e. The summed E-state index contributed by atoms with van der Waals surface area (Å²) in [7, 11) is 1.68. The van der Waals surface area contributed by atoms with Crippen molar-refractivity contribution in [1.29, 1.82) is 0 Å². The minimum atomic E-state index is 0.871. The lowest BCUT2D eigenvalue weighted by Gasteiger charge is -1.96. The molecule has 5 heteroatoms. The van der Waals surface area contributed by atoms with Crippen molar-refractivity contribution >= 4 is 38.4 Å². The van der Waals surface area contributed by atoms with Gasteiger partial charge in [-0.2, -0.15) is 0 Å². The molecule has 81 valence electrons. The highest BCUT2D eigenvalue weighted by atomic mass is 32.2. The van der Waals surface area contributed by atoms with Crippen LogP contribution < -0.4 is 4.74 Å². The van der Waals surface area contributed by atoms with E-state index >= 15 is 0 Å². The van der Waals surface area contributed by atoms with Gasteiger partial charge in [0.15, 0.2) is 0 Å². The van der Waals surface area contributed by atoms with Gasteiger partial charge in [0, 0.05) is 5.75 Å². The van der Waals surface area contributed by atoms with Crippen LogP contribution in [0, 0.1) is 6.54 Å². The van der Waals surface area contributed by atoms with E-state index in [1.165, 1.54) is 0 Å². The van der Waals surface area contributed by atoms with Gasteiger partial charge in [0.1, 0.15) is 15.8 Å². The molecule has 1 radical (unpaired) electrons. The number of hydrogen-bond acceptors (Lipinski definition) is 5. The molecule has 0 amide bonds. The molecular formula is C11H9N2OS2. The molecule has 1 aliphatic rings. The number of thioether (sulfide) groups is 1. The number of nitrogens with zero attached hydrogens (tertiary/aromatic N) is 2. The van der Waals surface area contributed by atoms with Crippen LogP contribution in [-0.2, 0) is 0 Å². The molecule has 3 nitrogen and oxygen atoms in total. The van der Waals surface area contributed by atoms with Crippen molar-refractivity contribution in [2.24, 2.45) is 4.99 Å². The monoisotopic (exact) mass is 249 g/mol. The van der Waals surface area contributed by atoms with Crippen LogP contribution in [0.4, 0.5) is 0 Å². The lowest BCUT2D eigenvalue weighted by molar-refractivity contribution is 0.415. The minimum absolute atomic E-state index is 0.871. The summed E-state index contributed by atoms with van der Waals surface area (Å²) >= 11 is 3.39.